The summed E-state index contributed by atoms with van der Waals surface area (Å²) in [5, 5.41) is 16.4. The minimum atomic E-state index is -0.727. The van der Waals surface area contributed by atoms with E-state index in [1.807, 2.05) is 0 Å². The molecule has 1 aromatic rings. The summed E-state index contributed by atoms with van der Waals surface area (Å²) in [5.41, 5.74) is 3.52. The molecule has 2 N–H and O–H groups in total. The smallest absolute Gasteiger partial charge is 0.304 e. The molecule has 2 aliphatic rings. The normalized spacial score (nSPS) is 24.1. The molecule has 0 aromatic carbocycles. The number of aliphatic carboxylic acids is 1. The number of rotatable bonds is 3. The summed E-state index contributed by atoms with van der Waals surface area (Å²) in [4.78, 5) is 10.8. The topological polar surface area (TPSA) is 75.2 Å². The number of nitrogens with zero attached hydrogens (tertiary/aromatic N) is 1. The predicted molar refractivity (Wildman–Crippen MR) is 64.7 cm³/mol. The highest BCUT2D eigenvalue weighted by atomic mass is 16.5. The number of H-pyrrole nitrogens is 1. The number of carboxylic acid groups (broad SMARTS) is 1. The quantitative estimate of drug-likeness (QED) is 0.857. The molecule has 1 atom stereocenters. The van der Waals surface area contributed by atoms with Crippen molar-refractivity contribution in [2.24, 2.45) is 0 Å². The van der Waals surface area contributed by atoms with E-state index in [-0.39, 0.29) is 12.3 Å². The second-order valence-corrected chi connectivity index (χ2v) is 5.22. The summed E-state index contributed by atoms with van der Waals surface area (Å²) in [6.45, 7) is 1.62. The van der Waals surface area contributed by atoms with Gasteiger partial charge in [0.15, 0.2) is 0 Å². The maximum absolute atomic E-state index is 10.8. The van der Waals surface area contributed by atoms with Crippen molar-refractivity contribution in [3.8, 4) is 0 Å². The number of carbonyl (C=O) groups is 1. The number of aromatic amines is 1. The molecular formula is C13H18N2O3. The Bertz CT molecular complexity index is 449. The van der Waals surface area contributed by atoms with Gasteiger partial charge < -0.3 is 9.84 Å². The van der Waals surface area contributed by atoms with Crippen molar-refractivity contribution in [2.45, 2.75) is 43.9 Å². The Kier molecular flexibility index (Phi) is 3.07. The van der Waals surface area contributed by atoms with E-state index in [1.54, 1.807) is 0 Å². The number of hydrogen-bond acceptors (Lipinski definition) is 3. The minimum absolute atomic E-state index is 0.124. The Hall–Kier alpha value is -1.36. The zero-order valence-electron chi connectivity index (χ0n) is 10.3. The lowest BCUT2D eigenvalue weighted by atomic mass is 9.93. The summed E-state index contributed by atoms with van der Waals surface area (Å²) >= 11 is 0. The molecule has 0 radical (unpaired) electrons. The Morgan fingerprint density at radius 3 is 2.89 bits per heavy atom. The third kappa shape index (κ3) is 2.03. The van der Waals surface area contributed by atoms with Crippen LogP contribution in [0.25, 0.3) is 0 Å². The SMILES string of the molecule is O=C(O)CC1CCc2c(C3CCOCC3)n[nH]c21. The van der Waals surface area contributed by atoms with Gasteiger partial charge in [-0.2, -0.15) is 5.10 Å². The first-order valence-electron chi connectivity index (χ1n) is 6.62. The van der Waals surface area contributed by atoms with E-state index >= 15 is 0 Å². The Morgan fingerprint density at radius 1 is 1.39 bits per heavy atom. The van der Waals surface area contributed by atoms with E-state index in [1.165, 1.54) is 11.3 Å². The van der Waals surface area contributed by atoms with Gasteiger partial charge in [0.25, 0.3) is 0 Å². The number of nitrogens with one attached hydrogen (secondary N) is 1. The van der Waals surface area contributed by atoms with Gasteiger partial charge in [0, 0.05) is 30.7 Å². The number of ether oxygens (including phenoxy) is 1. The molecule has 1 fully saturated rings. The zero-order chi connectivity index (χ0) is 12.5. The fourth-order valence-corrected chi connectivity index (χ4v) is 3.18. The van der Waals surface area contributed by atoms with Crippen LogP contribution in [0.5, 0.6) is 0 Å². The van der Waals surface area contributed by atoms with E-state index < -0.39 is 5.97 Å². The summed E-state index contributed by atoms with van der Waals surface area (Å²) < 4.78 is 5.38. The molecule has 1 aliphatic heterocycles. The summed E-state index contributed by atoms with van der Waals surface area (Å²) in [6.07, 6.45) is 4.17. The molecule has 1 aromatic heterocycles. The molecule has 1 aliphatic carbocycles. The number of carboxylic acids is 1. The first kappa shape index (κ1) is 11.7. The van der Waals surface area contributed by atoms with Crippen LogP contribution in [0.4, 0.5) is 0 Å². The van der Waals surface area contributed by atoms with E-state index in [2.05, 4.69) is 10.2 Å². The highest BCUT2D eigenvalue weighted by Crippen LogP contribution is 2.39. The van der Waals surface area contributed by atoms with Crippen LogP contribution in [0.1, 0.15) is 54.5 Å². The van der Waals surface area contributed by atoms with Crippen molar-refractivity contribution >= 4 is 5.97 Å². The minimum Gasteiger partial charge on any atom is -0.481 e. The van der Waals surface area contributed by atoms with Crippen LogP contribution in [0.2, 0.25) is 0 Å². The van der Waals surface area contributed by atoms with Gasteiger partial charge >= 0.3 is 5.97 Å². The van der Waals surface area contributed by atoms with Gasteiger partial charge in [-0.15, -0.1) is 0 Å². The average Bonchev–Trinajstić information content (AvgIpc) is 2.93. The van der Waals surface area contributed by atoms with Crippen molar-refractivity contribution in [3.63, 3.8) is 0 Å². The van der Waals surface area contributed by atoms with E-state index in [9.17, 15) is 4.79 Å². The van der Waals surface area contributed by atoms with E-state index in [4.69, 9.17) is 9.84 Å². The highest BCUT2D eigenvalue weighted by Gasteiger charge is 2.32. The van der Waals surface area contributed by atoms with Gasteiger partial charge in [0.2, 0.25) is 0 Å². The second-order valence-electron chi connectivity index (χ2n) is 5.22. The maximum Gasteiger partial charge on any atom is 0.304 e. The van der Waals surface area contributed by atoms with Crippen LogP contribution in [0, 0.1) is 0 Å². The molecule has 5 heteroatoms. The van der Waals surface area contributed by atoms with Crippen LogP contribution in [0.3, 0.4) is 0 Å². The maximum atomic E-state index is 10.8. The largest absolute Gasteiger partial charge is 0.481 e. The fourth-order valence-electron chi connectivity index (χ4n) is 3.18. The first-order chi connectivity index (χ1) is 8.75. The molecule has 1 saturated heterocycles. The molecule has 0 saturated carbocycles. The lowest BCUT2D eigenvalue weighted by Gasteiger charge is -2.21. The van der Waals surface area contributed by atoms with Crippen LogP contribution in [-0.2, 0) is 16.0 Å². The van der Waals surface area contributed by atoms with Crippen molar-refractivity contribution in [1.82, 2.24) is 10.2 Å². The molecule has 2 heterocycles. The van der Waals surface area contributed by atoms with Gasteiger partial charge in [-0.05, 0) is 31.2 Å². The number of hydrogen-bond donors (Lipinski definition) is 2. The lowest BCUT2D eigenvalue weighted by Crippen LogP contribution is -2.15. The highest BCUT2D eigenvalue weighted by molar-refractivity contribution is 5.68. The lowest BCUT2D eigenvalue weighted by molar-refractivity contribution is -0.137. The van der Waals surface area contributed by atoms with Crippen LogP contribution >= 0.6 is 0 Å². The molecule has 1 unspecified atom stereocenters. The van der Waals surface area contributed by atoms with Gasteiger partial charge in [0.1, 0.15) is 0 Å². The predicted octanol–water partition coefficient (Wildman–Crippen LogP) is 1.81. The number of aromatic nitrogens is 2. The first-order valence-corrected chi connectivity index (χ1v) is 6.62. The van der Waals surface area contributed by atoms with Gasteiger partial charge in [-0.25, -0.2) is 0 Å². The summed E-state index contributed by atoms with van der Waals surface area (Å²) in [7, 11) is 0. The van der Waals surface area contributed by atoms with Crippen LogP contribution < -0.4 is 0 Å². The van der Waals surface area contributed by atoms with Crippen LogP contribution in [0.15, 0.2) is 0 Å². The Labute approximate surface area is 106 Å². The van der Waals surface area contributed by atoms with Crippen molar-refractivity contribution in [1.29, 1.82) is 0 Å². The second kappa shape index (κ2) is 4.72. The fraction of sp³-hybridized carbons (Fsp3) is 0.692. The van der Waals surface area contributed by atoms with E-state index in [0.29, 0.717) is 5.92 Å². The molecule has 3 rings (SSSR count). The van der Waals surface area contributed by atoms with Gasteiger partial charge in [0.05, 0.1) is 12.1 Å². The third-order valence-corrected chi connectivity index (χ3v) is 4.11. The van der Waals surface area contributed by atoms with Gasteiger partial charge in [-0.1, -0.05) is 0 Å². The van der Waals surface area contributed by atoms with Gasteiger partial charge in [-0.3, -0.25) is 9.89 Å². The van der Waals surface area contributed by atoms with E-state index in [0.717, 1.165) is 44.6 Å². The Morgan fingerprint density at radius 2 is 2.17 bits per heavy atom. The summed E-state index contributed by atoms with van der Waals surface area (Å²) in [5.74, 6) is -0.115. The summed E-state index contributed by atoms with van der Waals surface area (Å²) in [6, 6.07) is 0. The van der Waals surface area contributed by atoms with Crippen molar-refractivity contribution < 1.29 is 14.6 Å². The third-order valence-electron chi connectivity index (χ3n) is 4.11. The molecule has 5 nitrogen and oxygen atoms in total. The zero-order valence-corrected chi connectivity index (χ0v) is 10.3. The monoisotopic (exact) mass is 250 g/mol. The molecular weight excluding hydrogens is 232 g/mol. The molecule has 18 heavy (non-hydrogen) atoms. The average molecular weight is 250 g/mol. The molecule has 0 amide bonds. The number of fused-ring (bicyclic) bond motifs is 1. The van der Waals surface area contributed by atoms with Crippen molar-refractivity contribution in [2.75, 3.05) is 13.2 Å². The Balaban J connectivity index is 1.81. The molecule has 0 spiro atoms. The molecule has 0 bridgehead atoms. The van der Waals surface area contributed by atoms with Crippen molar-refractivity contribution in [3.05, 3.63) is 17.0 Å². The van der Waals surface area contributed by atoms with Crippen LogP contribution in [-0.4, -0.2) is 34.5 Å². The standard InChI is InChI=1S/C13H18N2O3/c16-11(17)7-9-1-2-10-12(14-15-13(9)10)8-3-5-18-6-4-8/h8-9H,1-7H2,(H,14,15)(H,16,17). The molecule has 98 valence electrons.